The Morgan fingerprint density at radius 2 is 2.03 bits per heavy atom. The highest BCUT2D eigenvalue weighted by atomic mass is 35.5. The van der Waals surface area contributed by atoms with Crippen LogP contribution in [0.1, 0.15) is 47.2 Å². The number of halogens is 1. The second-order valence-corrected chi connectivity index (χ2v) is 9.28. The Hall–Kier alpha value is -2.66. The van der Waals surface area contributed by atoms with Crippen molar-refractivity contribution in [2.45, 2.75) is 38.7 Å². The number of fused-ring (bicyclic) bond motifs is 2. The molecule has 5 nitrogen and oxygen atoms in total. The van der Waals surface area contributed by atoms with E-state index in [-0.39, 0.29) is 5.97 Å². The van der Waals surface area contributed by atoms with Crippen LogP contribution in [0.15, 0.2) is 48.7 Å². The van der Waals surface area contributed by atoms with Crippen molar-refractivity contribution >= 4 is 23.3 Å². The Morgan fingerprint density at radius 1 is 1.15 bits per heavy atom. The summed E-state index contributed by atoms with van der Waals surface area (Å²) < 4.78 is 16.5. The summed E-state index contributed by atoms with van der Waals surface area (Å²) in [5.74, 6) is 1.51. The fourth-order valence-corrected chi connectivity index (χ4v) is 4.92. The van der Waals surface area contributed by atoms with Gasteiger partial charge in [0.25, 0.3) is 0 Å². The van der Waals surface area contributed by atoms with E-state index >= 15 is 0 Å². The summed E-state index contributed by atoms with van der Waals surface area (Å²) in [4.78, 5) is 14.7. The molecular weight excluding hydrogens is 438 g/mol. The highest BCUT2D eigenvalue weighted by Crippen LogP contribution is 2.39. The average Bonchev–Trinajstić information content (AvgIpc) is 2.84. The molecule has 0 unspecified atom stereocenters. The molecule has 0 radical (unpaired) electrons. The SMILES string of the molecule is CO/C=C/[C@@H]1CC[C@H]1CN1CCCCc2cc(Cl)ccc2COc2ccc(C(=O)OC)cc21. The smallest absolute Gasteiger partial charge is 0.337 e. The van der Waals surface area contributed by atoms with Gasteiger partial charge in [-0.05, 0) is 91.5 Å². The molecule has 2 aliphatic rings. The van der Waals surface area contributed by atoms with Crippen molar-refractivity contribution in [3.8, 4) is 5.75 Å². The van der Waals surface area contributed by atoms with Crippen LogP contribution in [0.5, 0.6) is 5.75 Å². The summed E-state index contributed by atoms with van der Waals surface area (Å²) in [5.41, 5.74) is 3.89. The summed E-state index contributed by atoms with van der Waals surface area (Å²) in [6.07, 6.45) is 9.40. The minimum Gasteiger partial charge on any atom is -0.505 e. The maximum absolute atomic E-state index is 12.3. The van der Waals surface area contributed by atoms with Crippen LogP contribution in [0.3, 0.4) is 0 Å². The molecule has 1 heterocycles. The van der Waals surface area contributed by atoms with Gasteiger partial charge in [0.05, 0.1) is 31.7 Å². The molecule has 0 amide bonds. The molecule has 2 atom stereocenters. The maximum Gasteiger partial charge on any atom is 0.337 e. The molecule has 176 valence electrons. The first-order valence-electron chi connectivity index (χ1n) is 11.7. The van der Waals surface area contributed by atoms with Gasteiger partial charge in [-0.15, -0.1) is 0 Å². The first-order chi connectivity index (χ1) is 16.1. The normalized spacial score (nSPS) is 20.6. The lowest BCUT2D eigenvalue weighted by molar-refractivity contribution is 0.0600. The molecule has 0 spiro atoms. The zero-order valence-electron chi connectivity index (χ0n) is 19.4. The zero-order valence-corrected chi connectivity index (χ0v) is 20.1. The van der Waals surface area contributed by atoms with Gasteiger partial charge in [0.2, 0.25) is 0 Å². The highest BCUT2D eigenvalue weighted by molar-refractivity contribution is 6.30. The van der Waals surface area contributed by atoms with Crippen LogP contribution in [0.4, 0.5) is 5.69 Å². The summed E-state index contributed by atoms with van der Waals surface area (Å²) in [5, 5.41) is 0.758. The topological polar surface area (TPSA) is 48.0 Å². The largest absolute Gasteiger partial charge is 0.505 e. The number of carbonyl (C=O) groups is 1. The molecular formula is C27H32ClNO4. The fourth-order valence-electron chi connectivity index (χ4n) is 4.72. The average molecular weight is 470 g/mol. The van der Waals surface area contributed by atoms with Gasteiger partial charge in [0, 0.05) is 18.1 Å². The number of allylic oxidation sites excluding steroid dienone is 1. The molecule has 4 rings (SSSR count). The number of aryl methyl sites for hydroxylation is 1. The van der Waals surface area contributed by atoms with Gasteiger partial charge >= 0.3 is 5.97 Å². The Bertz CT molecular complexity index is 1010. The van der Waals surface area contributed by atoms with Crippen LogP contribution in [0, 0.1) is 11.8 Å². The molecule has 2 aromatic rings. The molecule has 6 heteroatoms. The molecule has 0 saturated heterocycles. The third-order valence-electron chi connectivity index (χ3n) is 6.79. The van der Waals surface area contributed by atoms with Crippen molar-refractivity contribution < 1.29 is 19.0 Å². The number of hydrogen-bond donors (Lipinski definition) is 0. The van der Waals surface area contributed by atoms with E-state index in [9.17, 15) is 4.79 Å². The molecule has 0 N–H and O–H groups in total. The van der Waals surface area contributed by atoms with E-state index in [0.717, 1.165) is 54.4 Å². The molecule has 1 aliphatic heterocycles. The lowest BCUT2D eigenvalue weighted by Gasteiger charge is -2.39. The Balaban J connectivity index is 1.65. The molecule has 0 aromatic heterocycles. The van der Waals surface area contributed by atoms with E-state index in [4.69, 9.17) is 25.8 Å². The van der Waals surface area contributed by atoms with Crippen LogP contribution in [-0.4, -0.2) is 33.3 Å². The molecule has 33 heavy (non-hydrogen) atoms. The summed E-state index contributed by atoms with van der Waals surface area (Å²) in [7, 11) is 3.10. The monoisotopic (exact) mass is 469 g/mol. The van der Waals surface area contributed by atoms with Crippen LogP contribution >= 0.6 is 11.6 Å². The van der Waals surface area contributed by atoms with Gasteiger partial charge in [0.15, 0.2) is 0 Å². The quantitative estimate of drug-likeness (QED) is 0.395. The van der Waals surface area contributed by atoms with E-state index in [2.05, 4.69) is 23.1 Å². The highest BCUT2D eigenvalue weighted by Gasteiger charge is 2.31. The van der Waals surface area contributed by atoms with E-state index in [1.165, 1.54) is 25.5 Å². The summed E-state index contributed by atoms with van der Waals surface area (Å²) >= 11 is 6.26. The van der Waals surface area contributed by atoms with Gasteiger partial charge < -0.3 is 19.1 Å². The fraction of sp³-hybridized carbons (Fsp3) is 0.444. The second-order valence-electron chi connectivity index (χ2n) is 8.84. The first-order valence-corrected chi connectivity index (χ1v) is 12.0. The lowest BCUT2D eigenvalue weighted by Crippen LogP contribution is -2.38. The molecule has 2 aromatic carbocycles. The van der Waals surface area contributed by atoms with Crippen molar-refractivity contribution in [1.82, 2.24) is 0 Å². The number of hydrogen-bond acceptors (Lipinski definition) is 5. The van der Waals surface area contributed by atoms with Crippen LogP contribution in [0.2, 0.25) is 5.02 Å². The van der Waals surface area contributed by atoms with Crippen molar-refractivity contribution in [2.24, 2.45) is 11.8 Å². The van der Waals surface area contributed by atoms with E-state index in [1.807, 2.05) is 18.2 Å². The number of rotatable bonds is 5. The molecule has 1 saturated carbocycles. The number of anilines is 1. The van der Waals surface area contributed by atoms with Crippen LogP contribution in [-0.2, 0) is 22.5 Å². The molecule has 1 aliphatic carbocycles. The Morgan fingerprint density at radius 3 is 2.79 bits per heavy atom. The van der Waals surface area contributed by atoms with Crippen molar-refractivity contribution in [2.75, 3.05) is 32.2 Å². The minimum absolute atomic E-state index is 0.336. The van der Waals surface area contributed by atoms with E-state index in [0.29, 0.717) is 24.0 Å². The second kappa shape index (κ2) is 11.0. The number of esters is 1. The molecule has 1 fully saturated rings. The van der Waals surface area contributed by atoms with Crippen LogP contribution in [0.25, 0.3) is 0 Å². The predicted octanol–water partition coefficient (Wildman–Crippen LogP) is 6.03. The van der Waals surface area contributed by atoms with Crippen molar-refractivity contribution in [1.29, 1.82) is 0 Å². The van der Waals surface area contributed by atoms with Gasteiger partial charge in [-0.25, -0.2) is 4.79 Å². The lowest BCUT2D eigenvalue weighted by atomic mass is 9.73. The van der Waals surface area contributed by atoms with Gasteiger partial charge in [-0.2, -0.15) is 0 Å². The van der Waals surface area contributed by atoms with Gasteiger partial charge in [0.1, 0.15) is 12.4 Å². The minimum atomic E-state index is -0.336. The number of methoxy groups -OCH3 is 2. The Kier molecular flexibility index (Phi) is 7.81. The van der Waals surface area contributed by atoms with Crippen LogP contribution < -0.4 is 9.64 Å². The van der Waals surface area contributed by atoms with E-state index < -0.39 is 0 Å². The molecule has 0 bridgehead atoms. The zero-order chi connectivity index (χ0) is 23.2. The first kappa shape index (κ1) is 23.5. The predicted molar refractivity (Wildman–Crippen MR) is 131 cm³/mol. The third-order valence-corrected chi connectivity index (χ3v) is 7.02. The standard InChI is InChI=1S/C27H32ClNO4/c1-31-14-12-19-6-7-22(19)17-29-13-4-3-5-20-15-24(28)10-8-23(20)18-33-26-11-9-21(16-25(26)29)27(30)32-2/h8-12,14-16,19,22H,3-7,13,17-18H2,1-2H3/b14-12+/t19-,22-/m0/s1. The number of nitrogens with zero attached hydrogens (tertiary/aromatic N) is 1. The Labute approximate surface area is 201 Å². The van der Waals surface area contributed by atoms with E-state index in [1.54, 1.807) is 19.4 Å². The maximum atomic E-state index is 12.3. The summed E-state index contributed by atoms with van der Waals surface area (Å²) in [6, 6.07) is 11.6. The van der Waals surface area contributed by atoms with Gasteiger partial charge in [-0.1, -0.05) is 17.7 Å². The van der Waals surface area contributed by atoms with Crippen molar-refractivity contribution in [3.05, 3.63) is 70.4 Å². The number of benzene rings is 2. The number of ether oxygens (including phenoxy) is 3. The number of carbonyl (C=O) groups excluding carboxylic acids is 1. The summed E-state index contributed by atoms with van der Waals surface area (Å²) in [6.45, 7) is 2.28. The third kappa shape index (κ3) is 5.64. The van der Waals surface area contributed by atoms with Gasteiger partial charge in [-0.3, -0.25) is 0 Å². The van der Waals surface area contributed by atoms with Crippen molar-refractivity contribution in [3.63, 3.8) is 0 Å².